The van der Waals surface area contributed by atoms with E-state index in [0.717, 1.165) is 35.5 Å². The molecule has 2 heterocycles. The summed E-state index contributed by atoms with van der Waals surface area (Å²) in [6.07, 6.45) is 5.81. The van der Waals surface area contributed by atoms with Crippen molar-refractivity contribution in [3.8, 4) is 22.8 Å². The molecular formula is C20H21N5O2. The Morgan fingerprint density at radius 2 is 1.78 bits per heavy atom. The molecule has 27 heavy (non-hydrogen) atoms. The van der Waals surface area contributed by atoms with Gasteiger partial charge in [-0.1, -0.05) is 0 Å². The van der Waals surface area contributed by atoms with Gasteiger partial charge in [0.2, 0.25) is 5.95 Å². The topological polar surface area (TPSA) is 81.2 Å². The van der Waals surface area contributed by atoms with Crippen LogP contribution in [-0.4, -0.2) is 35.2 Å². The van der Waals surface area contributed by atoms with Gasteiger partial charge in [-0.3, -0.25) is 4.98 Å². The second kappa shape index (κ2) is 7.49. The summed E-state index contributed by atoms with van der Waals surface area (Å²) < 4.78 is 10.7. The molecule has 3 aromatic rings. The fourth-order valence-electron chi connectivity index (χ4n) is 2.70. The van der Waals surface area contributed by atoms with Gasteiger partial charge in [-0.05, 0) is 37.1 Å². The van der Waals surface area contributed by atoms with Crippen molar-refractivity contribution >= 4 is 17.5 Å². The lowest BCUT2D eigenvalue weighted by atomic mass is 10.2. The third kappa shape index (κ3) is 4.08. The molecule has 0 bridgehead atoms. The predicted octanol–water partition coefficient (Wildman–Crippen LogP) is 3.87. The number of rotatable bonds is 7. The van der Waals surface area contributed by atoms with Gasteiger partial charge in [-0.2, -0.15) is 4.98 Å². The molecule has 1 fully saturated rings. The van der Waals surface area contributed by atoms with E-state index in [4.69, 9.17) is 9.47 Å². The summed E-state index contributed by atoms with van der Waals surface area (Å²) in [5.74, 6) is 2.70. The molecule has 0 unspecified atom stereocenters. The summed E-state index contributed by atoms with van der Waals surface area (Å²) in [5.41, 5.74) is 2.61. The van der Waals surface area contributed by atoms with Crippen LogP contribution in [-0.2, 0) is 0 Å². The van der Waals surface area contributed by atoms with Crippen LogP contribution in [0.25, 0.3) is 11.3 Å². The second-order valence-electron chi connectivity index (χ2n) is 6.31. The summed E-state index contributed by atoms with van der Waals surface area (Å²) in [7, 11) is 3.26. The molecule has 0 amide bonds. The van der Waals surface area contributed by atoms with Crippen LogP contribution in [0.3, 0.4) is 0 Å². The number of hydrogen-bond donors (Lipinski definition) is 2. The van der Waals surface area contributed by atoms with Gasteiger partial charge >= 0.3 is 0 Å². The van der Waals surface area contributed by atoms with E-state index >= 15 is 0 Å². The first-order valence-electron chi connectivity index (χ1n) is 8.80. The molecule has 4 rings (SSSR count). The average Bonchev–Trinajstić information content (AvgIpc) is 3.52. The van der Waals surface area contributed by atoms with Gasteiger partial charge in [-0.25, -0.2) is 4.98 Å². The molecule has 0 saturated heterocycles. The van der Waals surface area contributed by atoms with Crippen molar-refractivity contribution in [3.63, 3.8) is 0 Å². The SMILES string of the molecule is COc1ccc(Nc2cc(-c3ccncc3)nc(NC3CC3)n2)c(OC)c1. The van der Waals surface area contributed by atoms with Gasteiger partial charge in [0.1, 0.15) is 17.3 Å². The largest absolute Gasteiger partial charge is 0.497 e. The van der Waals surface area contributed by atoms with E-state index in [2.05, 4.69) is 25.6 Å². The van der Waals surface area contributed by atoms with Gasteiger partial charge in [0.05, 0.1) is 25.6 Å². The molecular weight excluding hydrogens is 342 g/mol. The molecule has 7 heteroatoms. The first-order chi connectivity index (χ1) is 13.2. The Kier molecular flexibility index (Phi) is 4.74. The number of anilines is 3. The predicted molar refractivity (Wildman–Crippen MR) is 105 cm³/mol. The minimum Gasteiger partial charge on any atom is -0.497 e. The average molecular weight is 363 g/mol. The van der Waals surface area contributed by atoms with Gasteiger partial charge in [0, 0.05) is 36.1 Å². The first-order valence-corrected chi connectivity index (χ1v) is 8.80. The van der Waals surface area contributed by atoms with Crippen LogP contribution in [0.15, 0.2) is 48.8 Å². The Labute approximate surface area is 157 Å². The number of methoxy groups -OCH3 is 2. The zero-order chi connectivity index (χ0) is 18.6. The van der Waals surface area contributed by atoms with Crippen molar-refractivity contribution in [3.05, 3.63) is 48.8 Å². The maximum Gasteiger partial charge on any atom is 0.225 e. The summed E-state index contributed by atoms with van der Waals surface area (Å²) >= 11 is 0. The van der Waals surface area contributed by atoms with Crippen LogP contribution in [0, 0.1) is 0 Å². The summed E-state index contributed by atoms with van der Waals surface area (Å²) in [5, 5.41) is 6.70. The zero-order valence-corrected chi connectivity index (χ0v) is 15.3. The molecule has 1 saturated carbocycles. The highest BCUT2D eigenvalue weighted by atomic mass is 16.5. The van der Waals surface area contributed by atoms with Crippen LogP contribution >= 0.6 is 0 Å². The molecule has 138 valence electrons. The molecule has 1 aliphatic rings. The Morgan fingerprint density at radius 1 is 0.963 bits per heavy atom. The fraction of sp³-hybridized carbons (Fsp3) is 0.250. The highest BCUT2D eigenvalue weighted by molar-refractivity contribution is 5.70. The normalized spacial score (nSPS) is 13.1. The smallest absolute Gasteiger partial charge is 0.225 e. The molecule has 1 aliphatic carbocycles. The maximum atomic E-state index is 5.47. The third-order valence-electron chi connectivity index (χ3n) is 4.28. The minimum atomic E-state index is 0.459. The highest BCUT2D eigenvalue weighted by Gasteiger charge is 2.22. The molecule has 0 aliphatic heterocycles. The quantitative estimate of drug-likeness (QED) is 0.659. The number of hydrogen-bond acceptors (Lipinski definition) is 7. The van der Waals surface area contributed by atoms with E-state index in [1.54, 1.807) is 26.6 Å². The van der Waals surface area contributed by atoms with Gasteiger partial charge in [-0.15, -0.1) is 0 Å². The third-order valence-corrected chi connectivity index (χ3v) is 4.28. The van der Waals surface area contributed by atoms with E-state index in [0.29, 0.717) is 23.6 Å². The van der Waals surface area contributed by atoms with E-state index < -0.39 is 0 Å². The van der Waals surface area contributed by atoms with Gasteiger partial charge < -0.3 is 20.1 Å². The van der Waals surface area contributed by atoms with Crippen molar-refractivity contribution in [2.75, 3.05) is 24.9 Å². The van der Waals surface area contributed by atoms with E-state index in [1.807, 2.05) is 36.4 Å². The zero-order valence-electron chi connectivity index (χ0n) is 15.3. The van der Waals surface area contributed by atoms with Crippen LogP contribution in [0.2, 0.25) is 0 Å². The van der Waals surface area contributed by atoms with Crippen LogP contribution < -0.4 is 20.1 Å². The summed E-state index contributed by atoms with van der Waals surface area (Å²) in [6.45, 7) is 0. The summed E-state index contributed by atoms with van der Waals surface area (Å²) in [6, 6.07) is 11.8. The number of ether oxygens (including phenoxy) is 2. The molecule has 7 nitrogen and oxygen atoms in total. The Bertz CT molecular complexity index is 929. The van der Waals surface area contributed by atoms with E-state index in [1.165, 1.54) is 0 Å². The number of nitrogens with zero attached hydrogens (tertiary/aromatic N) is 3. The lowest BCUT2D eigenvalue weighted by Crippen LogP contribution is -2.08. The standard InChI is InChI=1S/C20H21N5O2/c1-26-15-5-6-16(18(11-15)27-2)23-19-12-17(13-7-9-21-10-8-13)24-20(25-19)22-14-3-4-14/h5-12,14H,3-4H2,1-2H3,(H2,22,23,24,25). The van der Waals surface area contributed by atoms with Crippen LogP contribution in [0.5, 0.6) is 11.5 Å². The Morgan fingerprint density at radius 3 is 2.48 bits per heavy atom. The van der Waals surface area contributed by atoms with Crippen LogP contribution in [0.1, 0.15) is 12.8 Å². The van der Waals surface area contributed by atoms with Crippen molar-refractivity contribution in [1.29, 1.82) is 0 Å². The number of nitrogens with one attached hydrogen (secondary N) is 2. The van der Waals surface area contributed by atoms with Gasteiger partial charge in [0.25, 0.3) is 0 Å². The number of benzene rings is 1. The van der Waals surface area contributed by atoms with E-state index in [-0.39, 0.29) is 0 Å². The monoisotopic (exact) mass is 363 g/mol. The Hall–Kier alpha value is -3.35. The number of aromatic nitrogens is 3. The minimum absolute atomic E-state index is 0.459. The summed E-state index contributed by atoms with van der Waals surface area (Å²) in [4.78, 5) is 13.3. The first kappa shape index (κ1) is 17.1. The lowest BCUT2D eigenvalue weighted by Gasteiger charge is -2.14. The Balaban J connectivity index is 1.69. The van der Waals surface area contributed by atoms with Crippen molar-refractivity contribution < 1.29 is 9.47 Å². The molecule has 0 atom stereocenters. The van der Waals surface area contributed by atoms with E-state index in [9.17, 15) is 0 Å². The van der Waals surface area contributed by atoms with Crippen LogP contribution in [0.4, 0.5) is 17.5 Å². The number of pyridine rings is 1. The fourth-order valence-corrected chi connectivity index (χ4v) is 2.70. The molecule has 0 spiro atoms. The molecule has 2 N–H and O–H groups in total. The molecule has 1 aromatic carbocycles. The van der Waals surface area contributed by atoms with Crippen molar-refractivity contribution in [1.82, 2.24) is 15.0 Å². The second-order valence-corrected chi connectivity index (χ2v) is 6.31. The molecule has 2 aromatic heterocycles. The van der Waals surface area contributed by atoms with Crippen molar-refractivity contribution in [2.45, 2.75) is 18.9 Å². The molecule has 0 radical (unpaired) electrons. The van der Waals surface area contributed by atoms with Gasteiger partial charge in [0.15, 0.2) is 0 Å². The van der Waals surface area contributed by atoms with Crippen molar-refractivity contribution in [2.24, 2.45) is 0 Å². The highest BCUT2D eigenvalue weighted by Crippen LogP contribution is 2.32. The lowest BCUT2D eigenvalue weighted by molar-refractivity contribution is 0.395. The maximum absolute atomic E-state index is 5.47.